The van der Waals surface area contributed by atoms with Crippen LogP contribution in [-0.2, 0) is 9.59 Å². The van der Waals surface area contributed by atoms with Gasteiger partial charge in [-0.3, -0.25) is 14.4 Å². The van der Waals surface area contributed by atoms with Gasteiger partial charge in [-0.25, -0.2) is 0 Å². The summed E-state index contributed by atoms with van der Waals surface area (Å²) in [7, 11) is 0. The Balaban J connectivity index is 1.43. The van der Waals surface area contributed by atoms with Gasteiger partial charge in [0, 0.05) is 42.7 Å². The van der Waals surface area contributed by atoms with Crippen molar-refractivity contribution in [1.82, 2.24) is 15.1 Å². The van der Waals surface area contributed by atoms with E-state index in [9.17, 15) is 14.4 Å². The molecule has 0 radical (unpaired) electrons. The molecule has 1 aliphatic heterocycles. The largest absolute Gasteiger partial charge is 0.343 e. The summed E-state index contributed by atoms with van der Waals surface area (Å²) in [5.41, 5.74) is 0.428. The van der Waals surface area contributed by atoms with Crippen LogP contribution >= 0.6 is 11.6 Å². The summed E-state index contributed by atoms with van der Waals surface area (Å²) in [5, 5.41) is 3.11. The zero-order chi connectivity index (χ0) is 18.5. The third-order valence-electron chi connectivity index (χ3n) is 5.14. The Bertz CT molecular complexity index is 680. The van der Waals surface area contributed by atoms with E-state index in [-0.39, 0.29) is 30.2 Å². The van der Waals surface area contributed by atoms with Crippen LogP contribution in [0.4, 0.5) is 0 Å². The predicted molar refractivity (Wildman–Crippen MR) is 98.9 cm³/mol. The van der Waals surface area contributed by atoms with Crippen LogP contribution in [0.15, 0.2) is 24.3 Å². The Kier molecular flexibility index (Phi) is 6.14. The number of piperazine rings is 1. The van der Waals surface area contributed by atoms with Gasteiger partial charge in [-0.05, 0) is 31.0 Å². The van der Waals surface area contributed by atoms with Crippen LogP contribution in [-0.4, -0.2) is 60.2 Å². The highest BCUT2D eigenvalue weighted by Gasteiger charge is 2.30. The molecule has 0 aromatic heterocycles. The van der Waals surface area contributed by atoms with Crippen LogP contribution in [0.3, 0.4) is 0 Å². The third-order valence-corrected chi connectivity index (χ3v) is 5.37. The maximum atomic E-state index is 12.4. The second kappa shape index (κ2) is 8.54. The third kappa shape index (κ3) is 4.55. The number of benzene rings is 1. The van der Waals surface area contributed by atoms with Crippen molar-refractivity contribution in [3.8, 4) is 0 Å². The molecule has 2 fully saturated rings. The molecule has 2 aliphatic rings. The maximum Gasteiger partial charge on any atom is 0.251 e. The summed E-state index contributed by atoms with van der Waals surface area (Å²) in [4.78, 5) is 40.4. The zero-order valence-electron chi connectivity index (χ0n) is 14.7. The van der Waals surface area contributed by atoms with Gasteiger partial charge in [-0.1, -0.05) is 30.5 Å². The SMILES string of the molecule is O=C(NCC(=O)N1CCN(C(=O)C2CCCC2)CC1)c1cccc(Cl)c1. The van der Waals surface area contributed by atoms with Gasteiger partial charge in [0.05, 0.1) is 6.54 Å². The van der Waals surface area contributed by atoms with Crippen molar-refractivity contribution in [1.29, 1.82) is 0 Å². The summed E-state index contributed by atoms with van der Waals surface area (Å²) in [6.07, 6.45) is 4.27. The molecule has 26 heavy (non-hydrogen) atoms. The monoisotopic (exact) mass is 377 g/mol. The molecule has 1 aliphatic carbocycles. The molecule has 7 heteroatoms. The number of carbonyl (C=O) groups excluding carboxylic acids is 3. The maximum absolute atomic E-state index is 12.4. The van der Waals surface area contributed by atoms with Gasteiger partial charge < -0.3 is 15.1 Å². The molecule has 0 unspecified atom stereocenters. The Morgan fingerprint density at radius 2 is 1.69 bits per heavy atom. The second-order valence-electron chi connectivity index (χ2n) is 6.88. The average Bonchev–Trinajstić information content (AvgIpc) is 3.20. The molecule has 6 nitrogen and oxygen atoms in total. The van der Waals surface area contributed by atoms with E-state index in [2.05, 4.69) is 5.32 Å². The van der Waals surface area contributed by atoms with Gasteiger partial charge in [-0.15, -0.1) is 0 Å². The van der Waals surface area contributed by atoms with Crippen molar-refractivity contribution < 1.29 is 14.4 Å². The lowest BCUT2D eigenvalue weighted by Gasteiger charge is -2.36. The summed E-state index contributed by atoms with van der Waals surface area (Å²) in [6.45, 7) is 2.13. The quantitative estimate of drug-likeness (QED) is 0.871. The van der Waals surface area contributed by atoms with Gasteiger partial charge >= 0.3 is 0 Å². The highest BCUT2D eigenvalue weighted by atomic mass is 35.5. The number of nitrogens with one attached hydrogen (secondary N) is 1. The van der Waals surface area contributed by atoms with E-state index >= 15 is 0 Å². The number of amides is 3. The van der Waals surface area contributed by atoms with Crippen LogP contribution in [0.1, 0.15) is 36.0 Å². The number of halogens is 1. The Morgan fingerprint density at radius 1 is 1.04 bits per heavy atom. The lowest BCUT2D eigenvalue weighted by molar-refractivity contribution is -0.141. The van der Waals surface area contributed by atoms with Crippen molar-refractivity contribution in [2.75, 3.05) is 32.7 Å². The van der Waals surface area contributed by atoms with Crippen LogP contribution in [0, 0.1) is 5.92 Å². The Morgan fingerprint density at radius 3 is 2.35 bits per heavy atom. The van der Waals surface area contributed by atoms with Crippen LogP contribution in [0.5, 0.6) is 0 Å². The molecule has 0 bridgehead atoms. The molecule has 1 N–H and O–H groups in total. The van der Waals surface area contributed by atoms with Crippen LogP contribution in [0.2, 0.25) is 5.02 Å². The number of nitrogens with zero attached hydrogens (tertiary/aromatic N) is 2. The van der Waals surface area contributed by atoms with E-state index in [0.29, 0.717) is 36.8 Å². The van der Waals surface area contributed by atoms with E-state index < -0.39 is 0 Å². The number of hydrogen-bond acceptors (Lipinski definition) is 3. The molecular formula is C19H24ClN3O3. The fraction of sp³-hybridized carbons (Fsp3) is 0.526. The zero-order valence-corrected chi connectivity index (χ0v) is 15.5. The normalized spacial score (nSPS) is 18.0. The smallest absolute Gasteiger partial charge is 0.251 e. The molecule has 1 saturated carbocycles. The number of hydrogen-bond donors (Lipinski definition) is 1. The Labute approximate surface area is 158 Å². The van der Waals surface area contributed by atoms with Crippen molar-refractivity contribution >= 4 is 29.3 Å². The van der Waals surface area contributed by atoms with E-state index in [1.54, 1.807) is 29.2 Å². The summed E-state index contributed by atoms with van der Waals surface area (Å²) < 4.78 is 0. The topological polar surface area (TPSA) is 69.7 Å². The summed E-state index contributed by atoms with van der Waals surface area (Å²) in [6, 6.07) is 6.60. The van der Waals surface area contributed by atoms with E-state index in [4.69, 9.17) is 11.6 Å². The molecule has 1 heterocycles. The lowest BCUT2D eigenvalue weighted by atomic mass is 10.1. The summed E-state index contributed by atoms with van der Waals surface area (Å²) in [5.74, 6) is -0.0395. The minimum Gasteiger partial charge on any atom is -0.343 e. The minimum absolute atomic E-state index is 0.0537. The first kappa shape index (κ1) is 18.7. The average molecular weight is 378 g/mol. The van der Waals surface area contributed by atoms with Gasteiger partial charge in [0.25, 0.3) is 5.91 Å². The molecule has 3 amide bonds. The standard InChI is InChI=1S/C19H24ClN3O3/c20-16-7-3-6-15(12-16)18(25)21-13-17(24)22-8-10-23(11-9-22)19(26)14-4-1-2-5-14/h3,6-7,12,14H,1-2,4-5,8-11,13H2,(H,21,25). The lowest BCUT2D eigenvalue weighted by Crippen LogP contribution is -2.53. The van der Waals surface area contributed by atoms with Crippen molar-refractivity contribution in [2.24, 2.45) is 5.92 Å². The molecular weight excluding hydrogens is 354 g/mol. The van der Waals surface area contributed by atoms with E-state index in [1.165, 1.54) is 0 Å². The molecule has 1 aromatic carbocycles. The summed E-state index contributed by atoms with van der Waals surface area (Å²) >= 11 is 5.87. The second-order valence-corrected chi connectivity index (χ2v) is 7.32. The minimum atomic E-state index is -0.323. The first-order valence-corrected chi connectivity index (χ1v) is 9.53. The highest BCUT2D eigenvalue weighted by Crippen LogP contribution is 2.26. The first-order chi connectivity index (χ1) is 12.5. The van der Waals surface area contributed by atoms with Crippen LogP contribution < -0.4 is 5.32 Å². The Hall–Kier alpha value is -2.08. The van der Waals surface area contributed by atoms with E-state index in [1.807, 2.05) is 4.90 Å². The van der Waals surface area contributed by atoms with Gasteiger partial charge in [-0.2, -0.15) is 0 Å². The molecule has 0 atom stereocenters. The molecule has 0 spiro atoms. The van der Waals surface area contributed by atoms with Gasteiger partial charge in [0.2, 0.25) is 11.8 Å². The van der Waals surface area contributed by atoms with Crippen molar-refractivity contribution in [2.45, 2.75) is 25.7 Å². The van der Waals surface area contributed by atoms with Gasteiger partial charge in [0.15, 0.2) is 0 Å². The van der Waals surface area contributed by atoms with Crippen molar-refractivity contribution in [3.63, 3.8) is 0 Å². The highest BCUT2D eigenvalue weighted by molar-refractivity contribution is 6.30. The molecule has 140 valence electrons. The fourth-order valence-corrected chi connectivity index (χ4v) is 3.80. The number of rotatable bonds is 4. The van der Waals surface area contributed by atoms with Crippen molar-refractivity contribution in [3.05, 3.63) is 34.9 Å². The van der Waals surface area contributed by atoms with Gasteiger partial charge in [0.1, 0.15) is 0 Å². The van der Waals surface area contributed by atoms with E-state index in [0.717, 1.165) is 25.7 Å². The number of carbonyl (C=O) groups is 3. The predicted octanol–water partition coefficient (Wildman–Crippen LogP) is 1.93. The molecule has 1 aromatic rings. The first-order valence-electron chi connectivity index (χ1n) is 9.15. The van der Waals surface area contributed by atoms with Crippen LogP contribution in [0.25, 0.3) is 0 Å². The molecule has 3 rings (SSSR count). The molecule has 1 saturated heterocycles. The fourth-order valence-electron chi connectivity index (χ4n) is 3.61.